The summed E-state index contributed by atoms with van der Waals surface area (Å²) >= 11 is 3.27. The Morgan fingerprint density at radius 1 is 1.43 bits per heavy atom. The summed E-state index contributed by atoms with van der Waals surface area (Å²) in [7, 11) is 0. The first-order valence-electron chi connectivity index (χ1n) is 6.60. The number of aromatic carboxylic acids is 1. The number of hydrogen-bond acceptors (Lipinski definition) is 3. The molecule has 2 unspecified atom stereocenters. The number of halogens is 1. The van der Waals surface area contributed by atoms with Crippen molar-refractivity contribution >= 4 is 33.6 Å². The number of hydrogen-bond donors (Lipinski definition) is 2. The minimum Gasteiger partial charge on any atom is -0.478 e. The summed E-state index contributed by atoms with van der Waals surface area (Å²) in [6.07, 6.45) is 0.00442. The maximum atomic E-state index is 12.3. The van der Waals surface area contributed by atoms with Crippen LogP contribution in [0.1, 0.15) is 24.2 Å². The van der Waals surface area contributed by atoms with Crippen molar-refractivity contribution in [3.63, 3.8) is 0 Å². The Labute approximate surface area is 131 Å². The molecule has 1 fully saturated rings. The number of nitrogens with zero attached hydrogens (tertiary/aromatic N) is 1. The molecular formula is C14H17BrN2O4. The third kappa shape index (κ3) is 3.74. The first-order valence-corrected chi connectivity index (χ1v) is 7.40. The first-order chi connectivity index (χ1) is 9.88. The Bertz CT molecular complexity index is 564. The highest BCUT2D eigenvalue weighted by Gasteiger charge is 2.27. The van der Waals surface area contributed by atoms with E-state index < -0.39 is 5.97 Å². The molecule has 0 radical (unpaired) electrons. The molecule has 2 N–H and O–H groups in total. The number of rotatable bonds is 2. The molecule has 1 aromatic rings. The van der Waals surface area contributed by atoms with Crippen molar-refractivity contribution in [2.45, 2.75) is 26.0 Å². The number of carbonyl (C=O) groups excluding carboxylic acids is 1. The molecule has 114 valence electrons. The van der Waals surface area contributed by atoms with Gasteiger partial charge in [0.05, 0.1) is 30.0 Å². The van der Waals surface area contributed by atoms with Crippen LogP contribution in [-0.4, -0.2) is 47.3 Å². The van der Waals surface area contributed by atoms with Crippen LogP contribution in [0.3, 0.4) is 0 Å². The second-order valence-corrected chi connectivity index (χ2v) is 5.93. The van der Waals surface area contributed by atoms with E-state index in [1.54, 1.807) is 11.0 Å². The molecule has 21 heavy (non-hydrogen) atoms. The Morgan fingerprint density at radius 3 is 2.76 bits per heavy atom. The first kappa shape index (κ1) is 15.8. The number of anilines is 1. The summed E-state index contributed by atoms with van der Waals surface area (Å²) < 4.78 is 6.02. The number of carboxylic acid groups (broad SMARTS) is 1. The fraction of sp³-hybridized carbons (Fsp3) is 0.429. The molecule has 2 rings (SSSR count). The third-order valence-electron chi connectivity index (χ3n) is 3.33. The monoisotopic (exact) mass is 356 g/mol. The maximum Gasteiger partial charge on any atom is 0.335 e. The second-order valence-electron chi connectivity index (χ2n) is 5.08. The molecule has 0 saturated carbocycles. The summed E-state index contributed by atoms with van der Waals surface area (Å²) in [5.74, 6) is -1.01. The van der Waals surface area contributed by atoms with Crippen molar-refractivity contribution in [2.24, 2.45) is 0 Å². The van der Waals surface area contributed by atoms with Crippen LogP contribution in [0.2, 0.25) is 0 Å². The highest BCUT2D eigenvalue weighted by atomic mass is 79.9. The number of ether oxygens (including phenoxy) is 1. The predicted molar refractivity (Wildman–Crippen MR) is 81.7 cm³/mol. The zero-order valence-electron chi connectivity index (χ0n) is 11.8. The molecule has 6 nitrogen and oxygen atoms in total. The van der Waals surface area contributed by atoms with E-state index in [-0.39, 0.29) is 23.7 Å². The van der Waals surface area contributed by atoms with Crippen LogP contribution in [0.4, 0.5) is 10.5 Å². The molecule has 0 spiro atoms. The minimum atomic E-state index is -1.01. The number of benzene rings is 1. The van der Waals surface area contributed by atoms with Gasteiger partial charge in [-0.1, -0.05) is 0 Å². The van der Waals surface area contributed by atoms with Gasteiger partial charge >= 0.3 is 12.0 Å². The molecule has 1 saturated heterocycles. The molecule has 0 bridgehead atoms. The average molecular weight is 357 g/mol. The van der Waals surface area contributed by atoms with Gasteiger partial charge in [-0.2, -0.15) is 0 Å². The summed E-state index contributed by atoms with van der Waals surface area (Å²) in [5, 5.41) is 11.7. The topological polar surface area (TPSA) is 78.9 Å². The van der Waals surface area contributed by atoms with Crippen molar-refractivity contribution in [2.75, 3.05) is 18.5 Å². The lowest BCUT2D eigenvalue weighted by Gasteiger charge is -2.36. The molecule has 1 aliphatic rings. The molecule has 2 atom stereocenters. The van der Waals surface area contributed by atoms with Crippen molar-refractivity contribution in [3.05, 3.63) is 28.2 Å². The second kappa shape index (κ2) is 6.44. The lowest BCUT2D eigenvalue weighted by molar-refractivity contribution is -0.0296. The van der Waals surface area contributed by atoms with E-state index in [2.05, 4.69) is 21.2 Å². The highest BCUT2D eigenvalue weighted by molar-refractivity contribution is 9.10. The molecule has 2 amide bonds. The predicted octanol–water partition coefficient (Wildman–Crippen LogP) is 2.79. The Kier molecular flexibility index (Phi) is 4.84. The van der Waals surface area contributed by atoms with Gasteiger partial charge in [-0.05, 0) is 48.0 Å². The van der Waals surface area contributed by atoms with Crippen LogP contribution in [-0.2, 0) is 4.74 Å². The highest BCUT2D eigenvalue weighted by Crippen LogP contribution is 2.24. The van der Waals surface area contributed by atoms with Gasteiger partial charge in [-0.15, -0.1) is 0 Å². The van der Waals surface area contributed by atoms with E-state index in [0.717, 1.165) is 0 Å². The number of morpholine rings is 1. The smallest absolute Gasteiger partial charge is 0.335 e. The number of carbonyl (C=O) groups is 2. The van der Waals surface area contributed by atoms with Crippen molar-refractivity contribution in [1.29, 1.82) is 0 Å². The van der Waals surface area contributed by atoms with Gasteiger partial charge in [0.15, 0.2) is 0 Å². The van der Waals surface area contributed by atoms with E-state index in [0.29, 0.717) is 23.3 Å². The van der Waals surface area contributed by atoms with Crippen molar-refractivity contribution in [3.8, 4) is 0 Å². The molecule has 0 aromatic heterocycles. The van der Waals surface area contributed by atoms with Gasteiger partial charge in [0.25, 0.3) is 0 Å². The number of carboxylic acids is 1. The summed E-state index contributed by atoms with van der Waals surface area (Å²) in [4.78, 5) is 24.9. The van der Waals surface area contributed by atoms with Crippen LogP contribution in [0, 0.1) is 0 Å². The van der Waals surface area contributed by atoms with Crippen LogP contribution in [0.25, 0.3) is 0 Å². The molecule has 0 aliphatic carbocycles. The van der Waals surface area contributed by atoms with E-state index in [1.807, 2.05) is 13.8 Å². The molecule has 1 heterocycles. The Morgan fingerprint density at radius 2 is 2.14 bits per heavy atom. The molecule has 1 aromatic carbocycles. The average Bonchev–Trinajstić information content (AvgIpc) is 2.43. The van der Waals surface area contributed by atoms with Crippen LogP contribution >= 0.6 is 15.9 Å². The normalized spacial score (nSPS) is 22.0. The Balaban J connectivity index is 2.10. The lowest BCUT2D eigenvalue weighted by atomic mass is 10.2. The van der Waals surface area contributed by atoms with E-state index in [9.17, 15) is 9.59 Å². The van der Waals surface area contributed by atoms with E-state index >= 15 is 0 Å². The van der Waals surface area contributed by atoms with Crippen LogP contribution < -0.4 is 5.32 Å². The van der Waals surface area contributed by atoms with Gasteiger partial charge in [0, 0.05) is 11.0 Å². The van der Waals surface area contributed by atoms with Crippen LogP contribution in [0.15, 0.2) is 22.7 Å². The van der Waals surface area contributed by atoms with E-state index in [4.69, 9.17) is 9.84 Å². The van der Waals surface area contributed by atoms with Gasteiger partial charge < -0.3 is 20.1 Å². The quantitative estimate of drug-likeness (QED) is 0.853. The third-order valence-corrected chi connectivity index (χ3v) is 3.98. The van der Waals surface area contributed by atoms with Crippen molar-refractivity contribution in [1.82, 2.24) is 4.90 Å². The minimum absolute atomic E-state index is 0.00160. The standard InChI is InChI=1S/C14H17BrN2O4/c1-8-7-21-9(2)6-17(8)14(20)16-12-4-3-10(13(18)19)5-11(12)15/h3-5,8-9H,6-7H2,1-2H3,(H,16,20)(H,18,19). The lowest BCUT2D eigenvalue weighted by Crippen LogP contribution is -2.51. The maximum absolute atomic E-state index is 12.3. The number of amides is 2. The molecular weight excluding hydrogens is 340 g/mol. The Hall–Kier alpha value is -1.60. The van der Waals surface area contributed by atoms with Crippen LogP contribution in [0.5, 0.6) is 0 Å². The van der Waals surface area contributed by atoms with Gasteiger partial charge in [0.2, 0.25) is 0 Å². The van der Waals surface area contributed by atoms with E-state index in [1.165, 1.54) is 12.1 Å². The van der Waals surface area contributed by atoms with Gasteiger partial charge in [-0.25, -0.2) is 9.59 Å². The SMILES string of the molecule is CC1CN(C(=O)Nc2ccc(C(=O)O)cc2Br)C(C)CO1. The summed E-state index contributed by atoms with van der Waals surface area (Å²) in [5.41, 5.74) is 0.699. The fourth-order valence-electron chi connectivity index (χ4n) is 2.12. The zero-order chi connectivity index (χ0) is 15.6. The van der Waals surface area contributed by atoms with Gasteiger partial charge in [-0.3, -0.25) is 0 Å². The summed E-state index contributed by atoms with van der Waals surface area (Å²) in [6.45, 7) is 4.88. The van der Waals surface area contributed by atoms with Gasteiger partial charge in [0.1, 0.15) is 0 Å². The molecule has 1 aliphatic heterocycles. The van der Waals surface area contributed by atoms with Crippen molar-refractivity contribution < 1.29 is 19.4 Å². The number of urea groups is 1. The summed E-state index contributed by atoms with van der Waals surface area (Å²) in [6, 6.07) is 4.26. The molecule has 7 heteroatoms. The number of nitrogens with one attached hydrogen (secondary N) is 1. The fourth-order valence-corrected chi connectivity index (χ4v) is 2.60. The zero-order valence-corrected chi connectivity index (χ0v) is 13.4. The largest absolute Gasteiger partial charge is 0.478 e.